The maximum atomic E-state index is 12.1. The van der Waals surface area contributed by atoms with Crippen LogP contribution in [-0.4, -0.2) is 26.7 Å². The highest BCUT2D eigenvalue weighted by Gasteiger charge is 2.07. The van der Waals surface area contributed by atoms with E-state index < -0.39 is 0 Å². The standard InChI is InChI=1S/C19H24N2O3/c1-13-5-7-16(14(2)11-13)20-10-9-19(22)21-15-6-8-17(23-3)18(12-15)24-4/h5-8,11-12,20H,9-10H2,1-4H3,(H,21,22). The van der Waals surface area contributed by atoms with E-state index in [1.807, 2.05) is 6.07 Å². The van der Waals surface area contributed by atoms with Crippen LogP contribution in [0.3, 0.4) is 0 Å². The van der Waals surface area contributed by atoms with E-state index in [0.717, 1.165) is 5.69 Å². The van der Waals surface area contributed by atoms with Crippen molar-refractivity contribution in [1.29, 1.82) is 0 Å². The maximum Gasteiger partial charge on any atom is 0.226 e. The molecule has 0 bridgehead atoms. The summed E-state index contributed by atoms with van der Waals surface area (Å²) >= 11 is 0. The molecule has 0 aliphatic heterocycles. The molecule has 5 heteroatoms. The molecule has 5 nitrogen and oxygen atoms in total. The van der Waals surface area contributed by atoms with Gasteiger partial charge in [0.1, 0.15) is 0 Å². The fraction of sp³-hybridized carbons (Fsp3) is 0.316. The number of aryl methyl sites for hydroxylation is 2. The van der Waals surface area contributed by atoms with Crippen LogP contribution in [0.1, 0.15) is 17.5 Å². The lowest BCUT2D eigenvalue weighted by Crippen LogP contribution is -2.16. The van der Waals surface area contributed by atoms with Gasteiger partial charge in [0.15, 0.2) is 11.5 Å². The van der Waals surface area contributed by atoms with Crippen LogP contribution >= 0.6 is 0 Å². The third-order valence-corrected chi connectivity index (χ3v) is 3.72. The summed E-state index contributed by atoms with van der Waals surface area (Å²) in [7, 11) is 3.14. The molecule has 2 aromatic rings. The second-order valence-electron chi connectivity index (χ2n) is 5.61. The van der Waals surface area contributed by atoms with Crippen molar-refractivity contribution in [3.63, 3.8) is 0 Å². The van der Waals surface area contributed by atoms with Crippen molar-refractivity contribution >= 4 is 17.3 Å². The van der Waals surface area contributed by atoms with Crippen LogP contribution in [0.2, 0.25) is 0 Å². The maximum absolute atomic E-state index is 12.1. The number of amides is 1. The summed E-state index contributed by atoms with van der Waals surface area (Å²) in [6.45, 7) is 4.69. The normalized spacial score (nSPS) is 10.2. The molecule has 2 rings (SSSR count). The molecule has 0 heterocycles. The molecule has 24 heavy (non-hydrogen) atoms. The number of carbonyl (C=O) groups excluding carboxylic acids is 1. The summed E-state index contributed by atoms with van der Waals surface area (Å²) in [5, 5.41) is 6.16. The Balaban J connectivity index is 1.87. The van der Waals surface area contributed by atoms with E-state index in [1.54, 1.807) is 32.4 Å². The molecule has 128 valence electrons. The first-order valence-corrected chi connectivity index (χ1v) is 7.86. The molecular weight excluding hydrogens is 304 g/mol. The molecule has 0 radical (unpaired) electrons. The minimum Gasteiger partial charge on any atom is -0.493 e. The van der Waals surface area contributed by atoms with Gasteiger partial charge in [-0.05, 0) is 37.6 Å². The number of hydrogen-bond donors (Lipinski definition) is 2. The number of ether oxygens (including phenoxy) is 2. The van der Waals surface area contributed by atoms with Gasteiger partial charge in [-0.2, -0.15) is 0 Å². The van der Waals surface area contributed by atoms with Crippen LogP contribution < -0.4 is 20.1 Å². The molecule has 2 N–H and O–H groups in total. The van der Waals surface area contributed by atoms with Crippen molar-refractivity contribution in [2.45, 2.75) is 20.3 Å². The smallest absolute Gasteiger partial charge is 0.226 e. The third-order valence-electron chi connectivity index (χ3n) is 3.72. The predicted molar refractivity (Wildman–Crippen MR) is 97.2 cm³/mol. The predicted octanol–water partition coefficient (Wildman–Crippen LogP) is 3.76. The Morgan fingerprint density at radius 2 is 1.75 bits per heavy atom. The van der Waals surface area contributed by atoms with Crippen molar-refractivity contribution in [2.75, 3.05) is 31.4 Å². The Bertz CT molecular complexity index is 714. The third kappa shape index (κ3) is 4.65. The molecule has 0 aliphatic rings. The van der Waals surface area contributed by atoms with Crippen molar-refractivity contribution in [3.05, 3.63) is 47.5 Å². The zero-order valence-corrected chi connectivity index (χ0v) is 14.6. The lowest BCUT2D eigenvalue weighted by Gasteiger charge is -2.12. The highest BCUT2D eigenvalue weighted by Crippen LogP contribution is 2.29. The van der Waals surface area contributed by atoms with Gasteiger partial charge in [0.25, 0.3) is 0 Å². The van der Waals surface area contributed by atoms with Gasteiger partial charge in [0.05, 0.1) is 14.2 Å². The van der Waals surface area contributed by atoms with Gasteiger partial charge in [0.2, 0.25) is 5.91 Å². The highest BCUT2D eigenvalue weighted by atomic mass is 16.5. The summed E-state index contributed by atoms with van der Waals surface area (Å²) in [4.78, 5) is 12.1. The van der Waals surface area contributed by atoms with Crippen LogP contribution in [0.5, 0.6) is 11.5 Å². The molecule has 0 saturated heterocycles. The summed E-state index contributed by atoms with van der Waals surface area (Å²) < 4.78 is 10.4. The molecule has 0 atom stereocenters. The Labute approximate surface area is 143 Å². The average molecular weight is 328 g/mol. The first-order valence-electron chi connectivity index (χ1n) is 7.86. The lowest BCUT2D eigenvalue weighted by molar-refractivity contribution is -0.115. The number of hydrogen-bond acceptors (Lipinski definition) is 4. The topological polar surface area (TPSA) is 59.6 Å². The first-order chi connectivity index (χ1) is 11.5. The van der Waals surface area contributed by atoms with E-state index in [0.29, 0.717) is 30.2 Å². The van der Waals surface area contributed by atoms with Crippen LogP contribution in [0.4, 0.5) is 11.4 Å². The lowest BCUT2D eigenvalue weighted by atomic mass is 10.1. The Kier molecular flexibility index (Phi) is 6.07. The number of anilines is 2. The number of benzene rings is 2. The van der Waals surface area contributed by atoms with Crippen LogP contribution in [-0.2, 0) is 4.79 Å². The van der Waals surface area contributed by atoms with E-state index in [9.17, 15) is 4.79 Å². The minimum atomic E-state index is -0.0560. The zero-order chi connectivity index (χ0) is 17.5. The Hall–Kier alpha value is -2.69. The van der Waals surface area contributed by atoms with E-state index in [1.165, 1.54) is 11.1 Å². The second kappa shape index (κ2) is 8.24. The van der Waals surface area contributed by atoms with Gasteiger partial charge in [-0.3, -0.25) is 4.79 Å². The molecule has 0 aliphatic carbocycles. The summed E-state index contributed by atoms with van der Waals surface area (Å²) in [6.07, 6.45) is 0.377. The van der Waals surface area contributed by atoms with Gasteiger partial charge in [-0.15, -0.1) is 0 Å². The Morgan fingerprint density at radius 3 is 2.42 bits per heavy atom. The quantitative estimate of drug-likeness (QED) is 0.812. The van der Waals surface area contributed by atoms with Gasteiger partial charge >= 0.3 is 0 Å². The van der Waals surface area contributed by atoms with Crippen LogP contribution in [0.15, 0.2) is 36.4 Å². The van der Waals surface area contributed by atoms with E-state index >= 15 is 0 Å². The van der Waals surface area contributed by atoms with E-state index in [-0.39, 0.29) is 5.91 Å². The second-order valence-corrected chi connectivity index (χ2v) is 5.61. The zero-order valence-electron chi connectivity index (χ0n) is 14.6. The highest BCUT2D eigenvalue weighted by molar-refractivity contribution is 5.91. The molecule has 0 unspecified atom stereocenters. The van der Waals surface area contributed by atoms with Gasteiger partial charge < -0.3 is 20.1 Å². The van der Waals surface area contributed by atoms with E-state index in [2.05, 4.69) is 36.6 Å². The van der Waals surface area contributed by atoms with Crippen molar-refractivity contribution in [2.24, 2.45) is 0 Å². The molecule has 1 amide bonds. The fourth-order valence-electron chi connectivity index (χ4n) is 2.46. The monoisotopic (exact) mass is 328 g/mol. The average Bonchev–Trinajstić information content (AvgIpc) is 2.56. The van der Waals surface area contributed by atoms with Crippen molar-refractivity contribution in [1.82, 2.24) is 0 Å². The molecular formula is C19H24N2O3. The van der Waals surface area contributed by atoms with Crippen molar-refractivity contribution in [3.8, 4) is 11.5 Å². The summed E-state index contributed by atoms with van der Waals surface area (Å²) in [5.74, 6) is 1.16. The van der Waals surface area contributed by atoms with Crippen LogP contribution in [0, 0.1) is 13.8 Å². The molecule has 2 aromatic carbocycles. The van der Waals surface area contributed by atoms with Gasteiger partial charge in [0, 0.05) is 30.4 Å². The minimum absolute atomic E-state index is 0.0560. The molecule has 0 saturated carbocycles. The van der Waals surface area contributed by atoms with Gasteiger partial charge in [-0.25, -0.2) is 0 Å². The fourth-order valence-corrected chi connectivity index (χ4v) is 2.46. The summed E-state index contributed by atoms with van der Waals surface area (Å²) in [6, 6.07) is 11.5. The van der Waals surface area contributed by atoms with Gasteiger partial charge in [-0.1, -0.05) is 17.7 Å². The number of methoxy groups -OCH3 is 2. The van der Waals surface area contributed by atoms with Crippen molar-refractivity contribution < 1.29 is 14.3 Å². The largest absolute Gasteiger partial charge is 0.493 e. The number of carbonyl (C=O) groups is 1. The molecule has 0 aromatic heterocycles. The Morgan fingerprint density at radius 1 is 1.00 bits per heavy atom. The van der Waals surface area contributed by atoms with Crippen LogP contribution in [0.25, 0.3) is 0 Å². The molecule has 0 spiro atoms. The van der Waals surface area contributed by atoms with E-state index in [4.69, 9.17) is 9.47 Å². The SMILES string of the molecule is COc1ccc(NC(=O)CCNc2ccc(C)cc2C)cc1OC. The number of rotatable bonds is 7. The number of nitrogens with one attached hydrogen (secondary N) is 2. The summed E-state index contributed by atoms with van der Waals surface area (Å²) in [5.41, 5.74) is 4.14. The first kappa shape index (κ1) is 17.7. The molecule has 0 fully saturated rings.